The van der Waals surface area contributed by atoms with Crippen LogP contribution in [0.4, 0.5) is 5.82 Å². The van der Waals surface area contributed by atoms with Crippen molar-refractivity contribution in [1.29, 1.82) is 0 Å². The van der Waals surface area contributed by atoms with Crippen LogP contribution in [0.15, 0.2) is 30.3 Å². The molecule has 2 heterocycles. The number of hydrogen-bond donors (Lipinski definition) is 1. The molecule has 0 spiro atoms. The Morgan fingerprint density at radius 2 is 2.14 bits per heavy atom. The van der Waals surface area contributed by atoms with Gasteiger partial charge in [0.15, 0.2) is 0 Å². The highest BCUT2D eigenvalue weighted by molar-refractivity contribution is 7.88. The van der Waals surface area contributed by atoms with Gasteiger partial charge < -0.3 is 5.32 Å². The largest absolute Gasteiger partial charge is 0.366 e. The van der Waals surface area contributed by atoms with Gasteiger partial charge in [-0.25, -0.2) is 17.7 Å². The van der Waals surface area contributed by atoms with Gasteiger partial charge in [-0.1, -0.05) is 35.9 Å². The molecule has 1 aromatic carbocycles. The molecule has 1 atom stereocenters. The first-order chi connectivity index (χ1) is 10.4. The number of nitrogens with zero attached hydrogens (tertiary/aromatic N) is 2. The Labute approximate surface area is 135 Å². The summed E-state index contributed by atoms with van der Waals surface area (Å²) in [5.41, 5.74) is 0. The van der Waals surface area contributed by atoms with Crippen molar-refractivity contribution in [3.8, 4) is 0 Å². The quantitative estimate of drug-likeness (QED) is 0.873. The molecule has 1 aromatic heterocycles. The number of pyridine rings is 1. The van der Waals surface area contributed by atoms with Crippen molar-refractivity contribution >= 4 is 38.2 Å². The highest BCUT2D eigenvalue weighted by atomic mass is 35.5. The van der Waals surface area contributed by atoms with E-state index in [0.717, 1.165) is 23.6 Å². The summed E-state index contributed by atoms with van der Waals surface area (Å²) in [6, 6.07) is 9.79. The Kier molecular flexibility index (Phi) is 4.25. The Bertz CT molecular complexity index is 794. The summed E-state index contributed by atoms with van der Waals surface area (Å²) in [5.74, 6) is 0.684. The van der Waals surface area contributed by atoms with Crippen LogP contribution in [0.3, 0.4) is 0 Å². The Morgan fingerprint density at radius 3 is 2.91 bits per heavy atom. The molecule has 2 aromatic rings. The first-order valence-corrected chi connectivity index (χ1v) is 9.43. The minimum absolute atomic E-state index is 0.0493. The van der Waals surface area contributed by atoms with Crippen LogP contribution in [-0.2, 0) is 10.0 Å². The second-order valence-corrected chi connectivity index (χ2v) is 7.96. The van der Waals surface area contributed by atoms with Crippen molar-refractivity contribution in [2.24, 2.45) is 0 Å². The van der Waals surface area contributed by atoms with Crippen LogP contribution >= 0.6 is 11.6 Å². The zero-order chi connectivity index (χ0) is 15.7. The first kappa shape index (κ1) is 15.5. The van der Waals surface area contributed by atoms with Gasteiger partial charge in [0.05, 0.1) is 6.26 Å². The van der Waals surface area contributed by atoms with Crippen molar-refractivity contribution in [2.75, 3.05) is 24.7 Å². The Balaban J connectivity index is 1.81. The van der Waals surface area contributed by atoms with Crippen LogP contribution in [0, 0.1) is 0 Å². The van der Waals surface area contributed by atoms with E-state index in [9.17, 15) is 8.42 Å². The molecule has 1 aliphatic rings. The molecule has 5 nitrogen and oxygen atoms in total. The van der Waals surface area contributed by atoms with Gasteiger partial charge in [-0.05, 0) is 24.3 Å². The fourth-order valence-electron chi connectivity index (χ4n) is 2.80. The van der Waals surface area contributed by atoms with Gasteiger partial charge >= 0.3 is 0 Å². The van der Waals surface area contributed by atoms with Gasteiger partial charge in [0, 0.05) is 24.5 Å². The molecular formula is C15H18ClN3O2S. The smallest absolute Gasteiger partial charge is 0.211 e. The van der Waals surface area contributed by atoms with Crippen LogP contribution < -0.4 is 5.32 Å². The molecule has 0 radical (unpaired) electrons. The highest BCUT2D eigenvalue weighted by Gasteiger charge is 2.26. The normalized spacial score (nSPS) is 20.2. The fraction of sp³-hybridized carbons (Fsp3) is 0.400. The minimum Gasteiger partial charge on any atom is -0.366 e. The van der Waals surface area contributed by atoms with Crippen LogP contribution in [0.1, 0.15) is 12.8 Å². The molecule has 0 aliphatic carbocycles. The lowest BCUT2D eigenvalue weighted by Gasteiger charge is -2.31. The molecule has 118 valence electrons. The van der Waals surface area contributed by atoms with Gasteiger partial charge in [0.1, 0.15) is 11.0 Å². The lowest BCUT2D eigenvalue weighted by Crippen LogP contribution is -2.44. The number of aromatic nitrogens is 1. The minimum atomic E-state index is -3.15. The molecule has 0 saturated carbocycles. The standard InChI is InChI=1S/C15H18ClN3O2S/c1-22(20,21)19-8-4-6-12(10-19)17-14-9-11-5-2-3-7-13(11)15(16)18-14/h2-3,5,7,9,12H,4,6,8,10H2,1H3,(H,17,18). The number of hydrogen-bond acceptors (Lipinski definition) is 4. The third-order valence-corrected chi connectivity index (χ3v) is 5.46. The Hall–Kier alpha value is -1.37. The predicted octanol–water partition coefficient (Wildman–Crippen LogP) is 2.72. The highest BCUT2D eigenvalue weighted by Crippen LogP contribution is 2.25. The maximum Gasteiger partial charge on any atom is 0.211 e. The molecule has 22 heavy (non-hydrogen) atoms. The van der Waals surface area contributed by atoms with E-state index in [0.29, 0.717) is 24.1 Å². The summed E-state index contributed by atoms with van der Waals surface area (Å²) in [7, 11) is -3.15. The lowest BCUT2D eigenvalue weighted by molar-refractivity contribution is 0.329. The molecule has 0 amide bonds. The molecule has 0 bridgehead atoms. The third kappa shape index (κ3) is 3.34. The summed E-state index contributed by atoms with van der Waals surface area (Å²) in [6.45, 7) is 1.05. The predicted molar refractivity (Wildman–Crippen MR) is 89.8 cm³/mol. The molecule has 7 heteroatoms. The zero-order valence-corrected chi connectivity index (χ0v) is 13.9. The van der Waals surface area contributed by atoms with Gasteiger partial charge in [-0.3, -0.25) is 0 Å². The SMILES string of the molecule is CS(=O)(=O)N1CCCC(Nc2cc3ccccc3c(Cl)n2)C1. The number of benzene rings is 1. The van der Waals surface area contributed by atoms with Crippen molar-refractivity contribution in [3.05, 3.63) is 35.5 Å². The third-order valence-electron chi connectivity index (χ3n) is 3.90. The van der Waals surface area contributed by atoms with Gasteiger partial charge in [0.25, 0.3) is 0 Å². The van der Waals surface area contributed by atoms with E-state index < -0.39 is 10.0 Å². The van der Waals surface area contributed by atoms with Crippen molar-refractivity contribution in [2.45, 2.75) is 18.9 Å². The van der Waals surface area contributed by atoms with E-state index in [4.69, 9.17) is 11.6 Å². The van der Waals surface area contributed by atoms with Gasteiger partial charge in [-0.15, -0.1) is 0 Å². The number of anilines is 1. The van der Waals surface area contributed by atoms with E-state index in [-0.39, 0.29) is 6.04 Å². The fourth-order valence-corrected chi connectivity index (χ4v) is 3.98. The summed E-state index contributed by atoms with van der Waals surface area (Å²) in [5, 5.41) is 5.70. The van der Waals surface area contributed by atoms with Crippen molar-refractivity contribution < 1.29 is 8.42 Å². The van der Waals surface area contributed by atoms with E-state index >= 15 is 0 Å². The zero-order valence-electron chi connectivity index (χ0n) is 12.3. The second-order valence-electron chi connectivity index (χ2n) is 5.62. The van der Waals surface area contributed by atoms with E-state index in [1.807, 2.05) is 30.3 Å². The van der Waals surface area contributed by atoms with Crippen LogP contribution in [0.5, 0.6) is 0 Å². The van der Waals surface area contributed by atoms with Gasteiger partial charge in [-0.2, -0.15) is 0 Å². The van der Waals surface area contributed by atoms with Crippen molar-refractivity contribution in [3.63, 3.8) is 0 Å². The lowest BCUT2D eigenvalue weighted by atomic mass is 10.1. The van der Waals surface area contributed by atoms with Crippen molar-refractivity contribution in [1.82, 2.24) is 9.29 Å². The average molecular weight is 340 g/mol. The molecule has 1 saturated heterocycles. The maximum absolute atomic E-state index is 11.7. The number of halogens is 1. The summed E-state index contributed by atoms with van der Waals surface area (Å²) in [6.07, 6.45) is 3.00. The van der Waals surface area contributed by atoms with Crippen LogP contribution in [0.25, 0.3) is 10.8 Å². The monoisotopic (exact) mass is 339 g/mol. The second kappa shape index (κ2) is 6.02. The average Bonchev–Trinajstić information content (AvgIpc) is 2.47. The Morgan fingerprint density at radius 1 is 1.36 bits per heavy atom. The van der Waals surface area contributed by atoms with Crippen LogP contribution in [-0.4, -0.2) is 43.1 Å². The molecule has 1 fully saturated rings. The molecular weight excluding hydrogens is 322 g/mol. The number of nitrogens with one attached hydrogen (secondary N) is 1. The number of piperidine rings is 1. The molecule has 1 unspecified atom stereocenters. The number of rotatable bonds is 3. The number of fused-ring (bicyclic) bond motifs is 1. The maximum atomic E-state index is 11.7. The molecule has 1 N–H and O–H groups in total. The number of sulfonamides is 1. The summed E-state index contributed by atoms with van der Waals surface area (Å²) >= 11 is 6.22. The molecule has 1 aliphatic heterocycles. The first-order valence-electron chi connectivity index (χ1n) is 7.20. The van der Waals surface area contributed by atoms with E-state index in [2.05, 4.69) is 10.3 Å². The van der Waals surface area contributed by atoms with E-state index in [1.54, 1.807) is 0 Å². The summed E-state index contributed by atoms with van der Waals surface area (Å²) < 4.78 is 24.9. The van der Waals surface area contributed by atoms with E-state index in [1.165, 1.54) is 10.6 Å². The molecule has 3 rings (SSSR count). The van der Waals surface area contributed by atoms with Gasteiger partial charge in [0.2, 0.25) is 10.0 Å². The topological polar surface area (TPSA) is 62.3 Å². The van der Waals surface area contributed by atoms with Crippen LogP contribution in [0.2, 0.25) is 5.15 Å². The summed E-state index contributed by atoms with van der Waals surface area (Å²) in [4.78, 5) is 4.37.